The van der Waals surface area contributed by atoms with Crippen LogP contribution in [-0.2, 0) is 10.2 Å². The second-order valence-corrected chi connectivity index (χ2v) is 7.63. The Morgan fingerprint density at radius 2 is 1.76 bits per heavy atom. The molecule has 0 unspecified atom stereocenters. The number of thiophene rings is 1. The number of esters is 1. The molecule has 1 heterocycles. The molecule has 0 bridgehead atoms. The minimum atomic E-state index is -0.425. The van der Waals surface area contributed by atoms with Crippen LogP contribution >= 0.6 is 11.3 Å². The quantitative estimate of drug-likeness (QED) is 0.739. The van der Waals surface area contributed by atoms with Crippen LogP contribution in [-0.4, -0.2) is 18.6 Å². The maximum absolute atomic E-state index is 12.2. The van der Waals surface area contributed by atoms with Crippen LogP contribution in [0.1, 0.15) is 49.2 Å². The molecule has 0 saturated carbocycles. The smallest absolute Gasteiger partial charge is 0.341 e. The zero-order valence-corrected chi connectivity index (χ0v) is 16.0. The monoisotopic (exact) mass is 360 g/mol. The van der Waals surface area contributed by atoms with Crippen LogP contribution in [0.5, 0.6) is 0 Å². The van der Waals surface area contributed by atoms with Crippen LogP contribution < -0.4 is 10.6 Å². The van der Waals surface area contributed by atoms with Gasteiger partial charge < -0.3 is 10.1 Å². The van der Waals surface area contributed by atoms with Gasteiger partial charge in [-0.15, -0.1) is 11.3 Å². The standard InChI is InChI=1S/C19H24N2O3S/c1-6-24-17(22)15-12(2)11-25-16(15)21-18(23)20-14-9-7-13(8-10-14)19(3,4)5/h7-11H,6H2,1-5H3,(H2,20,21,23). The van der Waals surface area contributed by atoms with Gasteiger partial charge in [0.05, 0.1) is 12.2 Å². The average molecular weight is 360 g/mol. The third kappa shape index (κ3) is 4.82. The Morgan fingerprint density at radius 3 is 2.32 bits per heavy atom. The van der Waals surface area contributed by atoms with Crippen molar-refractivity contribution >= 4 is 34.0 Å². The molecule has 0 aliphatic carbocycles. The molecule has 0 atom stereocenters. The zero-order chi connectivity index (χ0) is 18.6. The predicted octanol–water partition coefficient (Wildman–Crippen LogP) is 5.17. The number of benzene rings is 1. The third-order valence-electron chi connectivity index (χ3n) is 3.69. The van der Waals surface area contributed by atoms with Crippen molar-refractivity contribution < 1.29 is 14.3 Å². The Bertz CT molecular complexity index is 758. The number of rotatable bonds is 4. The highest BCUT2D eigenvalue weighted by Crippen LogP contribution is 2.29. The second kappa shape index (κ2) is 7.70. The van der Waals surface area contributed by atoms with Crippen molar-refractivity contribution in [2.45, 2.75) is 40.0 Å². The van der Waals surface area contributed by atoms with Gasteiger partial charge in [0.15, 0.2) is 0 Å². The molecule has 134 valence electrons. The molecule has 1 aromatic heterocycles. The van der Waals surface area contributed by atoms with Crippen molar-refractivity contribution in [3.05, 3.63) is 46.3 Å². The first kappa shape index (κ1) is 19.0. The first-order chi connectivity index (χ1) is 11.7. The molecule has 1 aromatic carbocycles. The highest BCUT2D eigenvalue weighted by Gasteiger charge is 2.19. The molecule has 25 heavy (non-hydrogen) atoms. The number of carbonyl (C=O) groups excluding carboxylic acids is 2. The van der Waals surface area contributed by atoms with E-state index in [2.05, 4.69) is 31.4 Å². The molecule has 5 nitrogen and oxygen atoms in total. The van der Waals surface area contributed by atoms with Gasteiger partial charge in [0.1, 0.15) is 5.00 Å². The number of aryl methyl sites for hydroxylation is 1. The summed E-state index contributed by atoms with van der Waals surface area (Å²) in [4.78, 5) is 24.3. The first-order valence-corrected chi connectivity index (χ1v) is 9.04. The van der Waals surface area contributed by atoms with Crippen molar-refractivity contribution in [1.29, 1.82) is 0 Å². The summed E-state index contributed by atoms with van der Waals surface area (Å²) in [5, 5.41) is 7.82. The van der Waals surface area contributed by atoms with Gasteiger partial charge in [0.25, 0.3) is 0 Å². The lowest BCUT2D eigenvalue weighted by atomic mass is 9.87. The largest absolute Gasteiger partial charge is 0.462 e. The van der Waals surface area contributed by atoms with Crippen LogP contribution in [0.4, 0.5) is 15.5 Å². The van der Waals surface area contributed by atoms with E-state index in [0.717, 1.165) is 5.56 Å². The molecule has 0 radical (unpaired) electrons. The lowest BCUT2D eigenvalue weighted by Crippen LogP contribution is -2.20. The molecule has 2 rings (SSSR count). The third-order valence-corrected chi connectivity index (χ3v) is 4.70. The Morgan fingerprint density at radius 1 is 1.12 bits per heavy atom. The highest BCUT2D eigenvalue weighted by molar-refractivity contribution is 7.15. The van der Waals surface area contributed by atoms with Crippen molar-refractivity contribution in [3.8, 4) is 0 Å². The summed E-state index contributed by atoms with van der Waals surface area (Å²) >= 11 is 1.30. The van der Waals surface area contributed by atoms with E-state index in [-0.39, 0.29) is 5.41 Å². The maximum atomic E-state index is 12.2. The number of nitrogens with one attached hydrogen (secondary N) is 2. The van der Waals surface area contributed by atoms with Crippen LogP contribution in [0.3, 0.4) is 0 Å². The fraction of sp³-hybridized carbons (Fsp3) is 0.368. The van der Waals surface area contributed by atoms with Gasteiger partial charge in [-0.25, -0.2) is 9.59 Å². The molecule has 0 spiro atoms. The number of hydrogen-bond acceptors (Lipinski definition) is 4. The van der Waals surface area contributed by atoms with Crippen LogP contribution in [0.15, 0.2) is 29.6 Å². The molecule has 0 aliphatic rings. The molecule has 2 N–H and O–H groups in total. The van der Waals surface area contributed by atoms with E-state index in [1.54, 1.807) is 6.92 Å². The maximum Gasteiger partial charge on any atom is 0.341 e. The lowest BCUT2D eigenvalue weighted by Gasteiger charge is -2.19. The van der Waals surface area contributed by atoms with Crippen molar-refractivity contribution in [2.24, 2.45) is 0 Å². The summed E-state index contributed by atoms with van der Waals surface area (Å²) in [5.41, 5.74) is 3.14. The average Bonchev–Trinajstić information content (AvgIpc) is 2.87. The molecule has 2 aromatic rings. The summed E-state index contributed by atoms with van der Waals surface area (Å²) in [5.74, 6) is -0.425. The molecular weight excluding hydrogens is 336 g/mol. The minimum absolute atomic E-state index is 0.0594. The summed E-state index contributed by atoms with van der Waals surface area (Å²) in [6.07, 6.45) is 0. The van der Waals surface area contributed by atoms with E-state index in [1.165, 1.54) is 16.9 Å². The van der Waals surface area contributed by atoms with Gasteiger partial charge >= 0.3 is 12.0 Å². The summed E-state index contributed by atoms with van der Waals surface area (Å²) < 4.78 is 5.05. The molecule has 6 heteroatoms. The molecule has 0 aliphatic heterocycles. The fourth-order valence-electron chi connectivity index (χ4n) is 2.31. The van der Waals surface area contributed by atoms with Gasteiger partial charge in [-0.05, 0) is 47.9 Å². The Kier molecular flexibility index (Phi) is 5.85. The number of ether oxygens (including phenoxy) is 1. The topological polar surface area (TPSA) is 67.4 Å². The van der Waals surface area contributed by atoms with Crippen LogP contribution in [0.25, 0.3) is 0 Å². The lowest BCUT2D eigenvalue weighted by molar-refractivity contribution is 0.0527. The number of hydrogen-bond donors (Lipinski definition) is 2. The van der Waals surface area contributed by atoms with E-state index < -0.39 is 12.0 Å². The van der Waals surface area contributed by atoms with E-state index in [1.807, 2.05) is 36.6 Å². The van der Waals surface area contributed by atoms with E-state index in [0.29, 0.717) is 22.9 Å². The molecular formula is C19H24N2O3S. The minimum Gasteiger partial charge on any atom is -0.462 e. The summed E-state index contributed by atoms with van der Waals surface area (Å²) in [7, 11) is 0. The molecule has 0 fully saturated rings. The molecule has 2 amide bonds. The Balaban J connectivity index is 2.07. The van der Waals surface area contributed by atoms with Crippen LogP contribution in [0, 0.1) is 6.92 Å². The van der Waals surface area contributed by atoms with Gasteiger partial charge in [0, 0.05) is 5.69 Å². The number of anilines is 2. The van der Waals surface area contributed by atoms with E-state index in [9.17, 15) is 9.59 Å². The predicted molar refractivity (Wildman–Crippen MR) is 103 cm³/mol. The van der Waals surface area contributed by atoms with Crippen molar-refractivity contribution in [1.82, 2.24) is 0 Å². The van der Waals surface area contributed by atoms with Gasteiger partial charge in [0.2, 0.25) is 0 Å². The number of urea groups is 1. The van der Waals surface area contributed by atoms with Crippen molar-refractivity contribution in [3.63, 3.8) is 0 Å². The van der Waals surface area contributed by atoms with Crippen molar-refractivity contribution in [2.75, 3.05) is 17.2 Å². The second-order valence-electron chi connectivity index (χ2n) is 6.75. The molecule has 0 saturated heterocycles. The summed E-state index contributed by atoms with van der Waals surface area (Å²) in [6, 6.07) is 7.33. The van der Waals surface area contributed by atoms with Gasteiger partial charge in [-0.1, -0.05) is 32.9 Å². The highest BCUT2D eigenvalue weighted by atomic mass is 32.1. The Hall–Kier alpha value is -2.34. The van der Waals surface area contributed by atoms with E-state index in [4.69, 9.17) is 4.74 Å². The van der Waals surface area contributed by atoms with Crippen LogP contribution in [0.2, 0.25) is 0 Å². The normalized spacial score (nSPS) is 11.1. The Labute approximate surface area is 152 Å². The number of carbonyl (C=O) groups is 2. The zero-order valence-electron chi connectivity index (χ0n) is 15.2. The SMILES string of the molecule is CCOC(=O)c1c(C)csc1NC(=O)Nc1ccc(C(C)(C)C)cc1. The summed E-state index contributed by atoms with van der Waals surface area (Å²) in [6.45, 7) is 10.3. The van der Waals surface area contributed by atoms with Gasteiger partial charge in [-0.3, -0.25) is 5.32 Å². The van der Waals surface area contributed by atoms with E-state index >= 15 is 0 Å². The fourth-order valence-corrected chi connectivity index (χ4v) is 3.24. The first-order valence-electron chi connectivity index (χ1n) is 8.16. The van der Waals surface area contributed by atoms with Gasteiger partial charge in [-0.2, -0.15) is 0 Å². The number of amides is 2.